The van der Waals surface area contributed by atoms with Crippen LogP contribution < -0.4 is 0 Å². The van der Waals surface area contributed by atoms with Crippen molar-refractivity contribution in [3.05, 3.63) is 41.4 Å². The van der Waals surface area contributed by atoms with Crippen molar-refractivity contribution in [2.45, 2.75) is 56.8 Å². The van der Waals surface area contributed by atoms with Crippen LogP contribution >= 0.6 is 0 Å². The second-order valence-electron chi connectivity index (χ2n) is 8.22. The second-order valence-corrected chi connectivity index (χ2v) is 8.22. The molecule has 2 aromatic heterocycles. The van der Waals surface area contributed by atoms with Gasteiger partial charge in [0.2, 0.25) is 17.7 Å². The molecule has 0 unspecified atom stereocenters. The highest BCUT2D eigenvalue weighted by molar-refractivity contribution is 5.79. The van der Waals surface area contributed by atoms with E-state index in [0.29, 0.717) is 24.8 Å². The molecule has 2 aliphatic carbocycles. The van der Waals surface area contributed by atoms with Crippen LogP contribution in [0, 0.1) is 12.8 Å². The Morgan fingerprint density at radius 2 is 2.23 bits per heavy atom. The molecule has 3 aliphatic rings. The number of hydrogen-bond acceptors (Lipinski definition) is 5. The fourth-order valence-corrected chi connectivity index (χ4v) is 4.72. The normalized spacial score (nSPS) is 27.7. The minimum Gasteiger partial charge on any atom is -0.424 e. The molecule has 2 saturated carbocycles. The molecule has 0 N–H and O–H groups in total. The molecule has 2 atom stereocenters. The summed E-state index contributed by atoms with van der Waals surface area (Å²) in [6, 6.07) is 1.96. The van der Waals surface area contributed by atoms with Gasteiger partial charge in [-0.15, -0.1) is 10.2 Å². The first-order valence-corrected chi connectivity index (χ1v) is 9.67. The van der Waals surface area contributed by atoms with E-state index in [9.17, 15) is 4.79 Å². The van der Waals surface area contributed by atoms with Crippen molar-refractivity contribution in [3.8, 4) is 0 Å². The van der Waals surface area contributed by atoms with Gasteiger partial charge in [0.25, 0.3) is 0 Å². The van der Waals surface area contributed by atoms with Crippen LogP contribution in [0.1, 0.15) is 60.9 Å². The molecule has 0 spiro atoms. The molecule has 3 heterocycles. The predicted molar refractivity (Wildman–Crippen MR) is 94.6 cm³/mol. The van der Waals surface area contributed by atoms with Gasteiger partial charge in [-0.1, -0.05) is 6.42 Å². The molecule has 3 fully saturated rings. The SMILES string of the molecule is Cc1ccncc1CC(=O)N1C[C@@H]2CCC[C@]2(c2nnc(C3CC3)o2)C1. The van der Waals surface area contributed by atoms with Crippen LogP contribution in [0.25, 0.3) is 0 Å². The molecule has 5 rings (SSSR count). The van der Waals surface area contributed by atoms with Crippen LogP contribution in [-0.4, -0.2) is 39.1 Å². The summed E-state index contributed by atoms with van der Waals surface area (Å²) in [7, 11) is 0. The molecule has 0 radical (unpaired) electrons. The lowest BCUT2D eigenvalue weighted by Gasteiger charge is -2.24. The van der Waals surface area contributed by atoms with Crippen molar-refractivity contribution in [2.75, 3.05) is 13.1 Å². The summed E-state index contributed by atoms with van der Waals surface area (Å²) in [4.78, 5) is 19.1. The van der Waals surface area contributed by atoms with Crippen LogP contribution in [-0.2, 0) is 16.6 Å². The van der Waals surface area contributed by atoms with Crippen molar-refractivity contribution in [3.63, 3.8) is 0 Å². The number of likely N-dealkylation sites (tertiary alicyclic amines) is 1. The molecule has 1 saturated heterocycles. The van der Waals surface area contributed by atoms with Gasteiger partial charge in [0.1, 0.15) is 0 Å². The summed E-state index contributed by atoms with van der Waals surface area (Å²) >= 11 is 0. The average Bonchev–Trinajstić information content (AvgIpc) is 3.06. The first-order valence-electron chi connectivity index (χ1n) is 9.67. The first-order chi connectivity index (χ1) is 12.7. The lowest BCUT2D eigenvalue weighted by Crippen LogP contribution is -2.35. The third-order valence-corrected chi connectivity index (χ3v) is 6.51. The number of nitrogens with zero attached hydrogens (tertiary/aromatic N) is 4. The molecule has 6 heteroatoms. The van der Waals surface area contributed by atoms with E-state index in [1.165, 1.54) is 6.42 Å². The zero-order valence-electron chi connectivity index (χ0n) is 15.1. The molecule has 2 aromatic rings. The van der Waals surface area contributed by atoms with Crippen LogP contribution in [0.5, 0.6) is 0 Å². The topological polar surface area (TPSA) is 72.1 Å². The van der Waals surface area contributed by atoms with E-state index in [4.69, 9.17) is 4.42 Å². The fraction of sp³-hybridized carbons (Fsp3) is 0.600. The molecule has 136 valence electrons. The van der Waals surface area contributed by atoms with Crippen molar-refractivity contribution >= 4 is 5.91 Å². The van der Waals surface area contributed by atoms with E-state index in [2.05, 4.69) is 15.2 Å². The first kappa shape index (κ1) is 16.0. The summed E-state index contributed by atoms with van der Waals surface area (Å²) in [5.41, 5.74) is 2.01. The van der Waals surface area contributed by atoms with Crippen molar-refractivity contribution < 1.29 is 9.21 Å². The average molecular weight is 352 g/mol. The summed E-state index contributed by atoms with van der Waals surface area (Å²) in [5, 5.41) is 8.72. The Bertz CT molecular complexity index is 844. The number of carbonyl (C=O) groups is 1. The number of fused-ring (bicyclic) bond motifs is 1. The smallest absolute Gasteiger partial charge is 0.227 e. The number of hydrogen-bond donors (Lipinski definition) is 0. The maximum Gasteiger partial charge on any atom is 0.227 e. The van der Waals surface area contributed by atoms with Gasteiger partial charge in [0.15, 0.2) is 0 Å². The second kappa shape index (κ2) is 5.89. The van der Waals surface area contributed by atoms with Gasteiger partial charge in [0.05, 0.1) is 11.8 Å². The van der Waals surface area contributed by atoms with E-state index < -0.39 is 0 Å². The standard InChI is InChI=1S/C20H24N4O2/c1-13-6-8-21-10-15(13)9-17(25)24-11-16-3-2-7-20(16,12-24)19-23-22-18(26-19)14-4-5-14/h6,8,10,14,16H,2-5,7,9,11-12H2,1H3/t16-,20-/m0/s1. The number of rotatable bonds is 4. The highest BCUT2D eigenvalue weighted by Crippen LogP contribution is 2.51. The van der Waals surface area contributed by atoms with Gasteiger partial charge in [-0.05, 0) is 55.7 Å². The molecule has 1 aliphatic heterocycles. The molecule has 6 nitrogen and oxygen atoms in total. The third-order valence-electron chi connectivity index (χ3n) is 6.51. The summed E-state index contributed by atoms with van der Waals surface area (Å²) < 4.78 is 6.09. The lowest BCUT2D eigenvalue weighted by atomic mass is 9.80. The maximum atomic E-state index is 12.9. The van der Waals surface area contributed by atoms with Crippen LogP contribution in [0.4, 0.5) is 0 Å². The highest BCUT2D eigenvalue weighted by atomic mass is 16.4. The zero-order valence-corrected chi connectivity index (χ0v) is 15.1. The molecule has 0 bridgehead atoms. The monoisotopic (exact) mass is 352 g/mol. The number of pyridine rings is 1. The zero-order chi connectivity index (χ0) is 17.7. The largest absolute Gasteiger partial charge is 0.424 e. The molecule has 0 aromatic carbocycles. The summed E-state index contributed by atoms with van der Waals surface area (Å²) in [6.45, 7) is 3.55. The van der Waals surface area contributed by atoms with Crippen LogP contribution in [0.15, 0.2) is 22.9 Å². The number of aryl methyl sites for hydroxylation is 1. The maximum absolute atomic E-state index is 12.9. The van der Waals surface area contributed by atoms with Gasteiger partial charge in [0, 0.05) is 31.4 Å². The Morgan fingerprint density at radius 3 is 3.04 bits per heavy atom. The van der Waals surface area contributed by atoms with Crippen LogP contribution in [0.3, 0.4) is 0 Å². The quantitative estimate of drug-likeness (QED) is 0.846. The molecular formula is C20H24N4O2. The minimum absolute atomic E-state index is 0.125. The lowest BCUT2D eigenvalue weighted by molar-refractivity contribution is -0.129. The fourth-order valence-electron chi connectivity index (χ4n) is 4.72. The molecular weight excluding hydrogens is 328 g/mol. The molecule has 26 heavy (non-hydrogen) atoms. The van der Waals surface area contributed by atoms with Crippen molar-refractivity contribution in [1.29, 1.82) is 0 Å². The van der Waals surface area contributed by atoms with Gasteiger partial charge in [-0.25, -0.2) is 0 Å². The number of amides is 1. The van der Waals surface area contributed by atoms with E-state index in [0.717, 1.165) is 55.1 Å². The van der Waals surface area contributed by atoms with Gasteiger partial charge in [-0.2, -0.15) is 0 Å². The van der Waals surface area contributed by atoms with Gasteiger partial charge >= 0.3 is 0 Å². The summed E-state index contributed by atoms with van der Waals surface area (Å²) in [6.07, 6.45) is 9.66. The van der Waals surface area contributed by atoms with Crippen molar-refractivity contribution in [2.24, 2.45) is 5.92 Å². The number of carbonyl (C=O) groups excluding carboxylic acids is 1. The Labute approximate surface area is 153 Å². The Hall–Kier alpha value is -2.24. The Kier molecular flexibility index (Phi) is 3.62. The van der Waals surface area contributed by atoms with Crippen LogP contribution in [0.2, 0.25) is 0 Å². The Balaban J connectivity index is 1.36. The third kappa shape index (κ3) is 2.54. The number of aromatic nitrogens is 3. The Morgan fingerprint density at radius 1 is 1.35 bits per heavy atom. The van der Waals surface area contributed by atoms with E-state index in [1.807, 2.05) is 17.9 Å². The highest BCUT2D eigenvalue weighted by Gasteiger charge is 2.55. The predicted octanol–water partition coefficient (Wildman–Crippen LogP) is 2.77. The van der Waals surface area contributed by atoms with E-state index >= 15 is 0 Å². The molecule has 1 amide bonds. The summed E-state index contributed by atoms with van der Waals surface area (Å²) in [5.74, 6) is 2.66. The van der Waals surface area contributed by atoms with E-state index in [-0.39, 0.29) is 11.3 Å². The van der Waals surface area contributed by atoms with Gasteiger partial charge < -0.3 is 9.32 Å². The van der Waals surface area contributed by atoms with Gasteiger partial charge in [-0.3, -0.25) is 9.78 Å². The van der Waals surface area contributed by atoms with Crippen molar-refractivity contribution in [1.82, 2.24) is 20.1 Å². The minimum atomic E-state index is -0.125. The van der Waals surface area contributed by atoms with E-state index in [1.54, 1.807) is 12.4 Å².